The third-order valence-corrected chi connectivity index (χ3v) is 8.01. The van der Waals surface area contributed by atoms with E-state index in [0.717, 1.165) is 37.6 Å². The predicted octanol–water partition coefficient (Wildman–Crippen LogP) is 6.09. The molecule has 4 nitrogen and oxygen atoms in total. The lowest BCUT2D eigenvalue weighted by Gasteiger charge is -2.32. The fraction of sp³-hybridized carbons (Fsp3) is 0.926. The summed E-state index contributed by atoms with van der Waals surface area (Å²) >= 11 is 0. The Morgan fingerprint density at radius 3 is 1.90 bits per heavy atom. The fourth-order valence-electron chi connectivity index (χ4n) is 6.22. The van der Waals surface area contributed by atoms with Gasteiger partial charge in [0.1, 0.15) is 0 Å². The highest BCUT2D eigenvalue weighted by Gasteiger charge is 2.32. The van der Waals surface area contributed by atoms with Gasteiger partial charge in [0.05, 0.1) is 0 Å². The maximum atomic E-state index is 13.0. The van der Waals surface area contributed by atoms with Crippen LogP contribution in [0.2, 0.25) is 0 Å². The molecule has 0 aromatic heterocycles. The largest absolute Gasteiger partial charge is 0.351 e. The van der Waals surface area contributed by atoms with Crippen molar-refractivity contribution in [1.82, 2.24) is 10.2 Å². The molecule has 0 unspecified atom stereocenters. The van der Waals surface area contributed by atoms with Crippen molar-refractivity contribution in [3.05, 3.63) is 0 Å². The van der Waals surface area contributed by atoms with E-state index in [1.165, 1.54) is 70.6 Å². The Morgan fingerprint density at radius 2 is 1.32 bits per heavy atom. The minimum atomic E-state index is 0.0190. The van der Waals surface area contributed by atoms with Crippen LogP contribution >= 0.6 is 0 Å². The van der Waals surface area contributed by atoms with Crippen molar-refractivity contribution >= 4 is 11.8 Å². The molecule has 2 aliphatic carbocycles. The van der Waals surface area contributed by atoms with Crippen LogP contribution in [-0.2, 0) is 9.59 Å². The number of nitrogens with zero attached hydrogens (tertiary/aromatic N) is 1. The quantitative estimate of drug-likeness (QED) is 0.584. The number of nitrogens with one attached hydrogen (secondary N) is 1. The van der Waals surface area contributed by atoms with Crippen molar-refractivity contribution in [2.75, 3.05) is 13.1 Å². The van der Waals surface area contributed by atoms with E-state index in [9.17, 15) is 9.59 Å². The summed E-state index contributed by atoms with van der Waals surface area (Å²) in [6.45, 7) is 7.80. The number of carbonyl (C=O) groups is 2. The van der Waals surface area contributed by atoms with Gasteiger partial charge in [0.15, 0.2) is 0 Å². The third-order valence-electron chi connectivity index (χ3n) is 8.01. The highest BCUT2D eigenvalue weighted by Crippen LogP contribution is 2.37. The van der Waals surface area contributed by atoms with E-state index in [4.69, 9.17) is 0 Å². The summed E-state index contributed by atoms with van der Waals surface area (Å²) in [7, 11) is 0. The van der Waals surface area contributed by atoms with E-state index in [-0.39, 0.29) is 29.2 Å². The second kappa shape index (κ2) is 11.7. The maximum Gasteiger partial charge on any atom is 0.223 e. The van der Waals surface area contributed by atoms with Gasteiger partial charge in [-0.25, -0.2) is 0 Å². The summed E-state index contributed by atoms with van der Waals surface area (Å²) in [5, 5.41) is 3.30. The summed E-state index contributed by atoms with van der Waals surface area (Å²) in [4.78, 5) is 27.4. The zero-order valence-corrected chi connectivity index (χ0v) is 20.6. The summed E-state index contributed by atoms with van der Waals surface area (Å²) in [6, 6.07) is 0.143. The fourth-order valence-corrected chi connectivity index (χ4v) is 6.22. The van der Waals surface area contributed by atoms with Gasteiger partial charge in [0.25, 0.3) is 0 Å². The molecular weight excluding hydrogens is 384 g/mol. The molecule has 3 aliphatic rings. The minimum absolute atomic E-state index is 0.0190. The van der Waals surface area contributed by atoms with Gasteiger partial charge < -0.3 is 10.2 Å². The first kappa shape index (κ1) is 24.6. The van der Waals surface area contributed by atoms with E-state index in [2.05, 4.69) is 26.1 Å². The molecular formula is C27H48N2O2. The number of hydrogen-bond acceptors (Lipinski definition) is 2. The van der Waals surface area contributed by atoms with Crippen LogP contribution in [0.4, 0.5) is 0 Å². The Bertz CT molecular complexity index is 564. The van der Waals surface area contributed by atoms with Crippen molar-refractivity contribution in [2.45, 2.75) is 123 Å². The van der Waals surface area contributed by atoms with Crippen molar-refractivity contribution in [1.29, 1.82) is 0 Å². The molecule has 1 atom stereocenters. The molecule has 0 aromatic carbocycles. The average Bonchev–Trinajstić information content (AvgIpc) is 3.09. The zero-order valence-electron chi connectivity index (χ0n) is 20.6. The number of carbonyl (C=O) groups excluding carboxylic acids is 2. The van der Waals surface area contributed by atoms with Gasteiger partial charge >= 0.3 is 0 Å². The second-order valence-corrected chi connectivity index (χ2v) is 12.0. The highest BCUT2D eigenvalue weighted by molar-refractivity contribution is 5.80. The van der Waals surface area contributed by atoms with Crippen molar-refractivity contribution in [3.8, 4) is 0 Å². The molecule has 2 amide bonds. The molecule has 1 heterocycles. The molecule has 31 heavy (non-hydrogen) atoms. The van der Waals surface area contributed by atoms with E-state index >= 15 is 0 Å². The van der Waals surface area contributed by atoms with Gasteiger partial charge in [-0.05, 0) is 36.5 Å². The highest BCUT2D eigenvalue weighted by atomic mass is 16.2. The van der Waals surface area contributed by atoms with Crippen LogP contribution in [0.3, 0.4) is 0 Å². The molecule has 3 fully saturated rings. The Labute approximate surface area is 191 Å². The summed E-state index contributed by atoms with van der Waals surface area (Å²) in [5.74, 6) is 2.51. The zero-order chi connectivity index (χ0) is 22.3. The smallest absolute Gasteiger partial charge is 0.223 e. The van der Waals surface area contributed by atoms with Gasteiger partial charge in [0, 0.05) is 31.5 Å². The molecule has 0 bridgehead atoms. The third kappa shape index (κ3) is 8.09. The van der Waals surface area contributed by atoms with E-state index < -0.39 is 0 Å². The standard InChI is InChI=1S/C27H48N2O2/c1-27(2,3)19-25(30)29-18-17-24(20-29)28-26(31)23-15-9-13-22(14-10-16-23)21-11-7-5-4-6-8-12-21/h21-24H,4-20H2,1-3H3,(H,28,31)/t22?,23?,24-/m1/s1. The maximum absolute atomic E-state index is 13.0. The topological polar surface area (TPSA) is 49.4 Å². The van der Waals surface area contributed by atoms with Gasteiger partial charge in [-0.1, -0.05) is 91.4 Å². The number of amides is 2. The number of hydrogen-bond donors (Lipinski definition) is 1. The summed E-state index contributed by atoms with van der Waals surface area (Å²) in [5.41, 5.74) is 0.0190. The first-order chi connectivity index (χ1) is 14.8. The van der Waals surface area contributed by atoms with Crippen molar-refractivity contribution < 1.29 is 9.59 Å². The average molecular weight is 433 g/mol. The first-order valence-electron chi connectivity index (χ1n) is 13.4. The number of likely N-dealkylation sites (tertiary alicyclic amines) is 1. The first-order valence-corrected chi connectivity index (χ1v) is 13.4. The number of rotatable bonds is 4. The normalized spacial score (nSPS) is 29.5. The minimum Gasteiger partial charge on any atom is -0.351 e. The Hall–Kier alpha value is -1.06. The Kier molecular flexibility index (Phi) is 9.28. The summed E-state index contributed by atoms with van der Waals surface area (Å²) in [6.07, 6.45) is 18.7. The molecule has 0 radical (unpaired) electrons. The summed E-state index contributed by atoms with van der Waals surface area (Å²) < 4.78 is 0. The molecule has 1 N–H and O–H groups in total. The SMILES string of the molecule is CC(C)(C)CC(=O)N1CC[C@@H](NC(=O)C2CCCC(C3CCCCCCC3)CCC2)C1. The van der Waals surface area contributed by atoms with Crippen LogP contribution in [0, 0.1) is 23.2 Å². The molecule has 178 valence electrons. The monoisotopic (exact) mass is 432 g/mol. The lowest BCUT2D eigenvalue weighted by molar-refractivity contribution is -0.132. The lowest BCUT2D eigenvalue weighted by Crippen LogP contribution is -2.42. The van der Waals surface area contributed by atoms with Gasteiger partial charge in [-0.2, -0.15) is 0 Å². The van der Waals surface area contributed by atoms with E-state index in [0.29, 0.717) is 13.0 Å². The molecule has 1 saturated heterocycles. The van der Waals surface area contributed by atoms with Crippen molar-refractivity contribution in [2.24, 2.45) is 23.2 Å². The molecule has 4 heteroatoms. The molecule has 0 aromatic rings. The van der Waals surface area contributed by atoms with E-state index in [1.54, 1.807) is 0 Å². The van der Waals surface area contributed by atoms with Crippen LogP contribution in [0.25, 0.3) is 0 Å². The Morgan fingerprint density at radius 1 is 0.774 bits per heavy atom. The second-order valence-electron chi connectivity index (χ2n) is 12.0. The molecule has 3 rings (SSSR count). The molecule has 0 spiro atoms. The lowest BCUT2D eigenvalue weighted by atomic mass is 9.74. The van der Waals surface area contributed by atoms with Crippen molar-refractivity contribution in [3.63, 3.8) is 0 Å². The van der Waals surface area contributed by atoms with Gasteiger partial charge in [0.2, 0.25) is 11.8 Å². The van der Waals surface area contributed by atoms with Crippen LogP contribution in [-0.4, -0.2) is 35.8 Å². The molecule has 2 saturated carbocycles. The van der Waals surface area contributed by atoms with Crippen LogP contribution in [0.5, 0.6) is 0 Å². The predicted molar refractivity (Wildman–Crippen MR) is 128 cm³/mol. The van der Waals surface area contributed by atoms with Gasteiger partial charge in [-0.15, -0.1) is 0 Å². The van der Waals surface area contributed by atoms with Crippen LogP contribution in [0.15, 0.2) is 0 Å². The van der Waals surface area contributed by atoms with Gasteiger partial charge in [-0.3, -0.25) is 9.59 Å². The van der Waals surface area contributed by atoms with E-state index in [1.807, 2.05) is 4.90 Å². The Balaban J connectivity index is 1.40. The van der Waals surface area contributed by atoms with Crippen LogP contribution < -0.4 is 5.32 Å². The molecule has 1 aliphatic heterocycles. The van der Waals surface area contributed by atoms with Crippen LogP contribution in [0.1, 0.15) is 117 Å².